The van der Waals surface area contributed by atoms with Gasteiger partial charge in [-0.2, -0.15) is 0 Å². The van der Waals surface area contributed by atoms with Gasteiger partial charge in [-0.15, -0.1) is 0 Å². The number of fused-ring (bicyclic) bond motifs is 1. The van der Waals surface area contributed by atoms with Gasteiger partial charge in [-0.25, -0.2) is 0 Å². The Balaban J connectivity index is 2.07. The van der Waals surface area contributed by atoms with Gasteiger partial charge in [0.05, 0.1) is 23.7 Å². The number of aryl methyl sites for hydroxylation is 2. The Labute approximate surface area is 151 Å². The maximum Gasteiger partial charge on any atom is 0.246 e. The van der Waals surface area contributed by atoms with E-state index < -0.39 is 5.91 Å². The number of rotatable bonds is 3. The molecule has 128 valence electrons. The number of nitrogens with zero attached hydrogens (tertiary/aromatic N) is 1. The number of hydrogen-bond acceptors (Lipinski definition) is 2. The summed E-state index contributed by atoms with van der Waals surface area (Å²) in [4.78, 5) is 26.2. The first-order chi connectivity index (χ1) is 11.9. The Hall–Kier alpha value is -2.59. The van der Waals surface area contributed by atoms with Crippen LogP contribution in [0.25, 0.3) is 5.03 Å². The molecular formula is C20H19ClN2O2. The molecule has 25 heavy (non-hydrogen) atoms. The first-order valence-corrected chi connectivity index (χ1v) is 8.40. The van der Waals surface area contributed by atoms with E-state index in [1.165, 1.54) is 11.1 Å². The number of carbonyl (C=O) groups excluding carboxylic acids is 2. The fourth-order valence-electron chi connectivity index (χ4n) is 2.97. The minimum Gasteiger partial charge on any atom is -0.366 e. The van der Waals surface area contributed by atoms with E-state index >= 15 is 0 Å². The van der Waals surface area contributed by atoms with E-state index in [0.29, 0.717) is 17.8 Å². The molecule has 0 aromatic heterocycles. The van der Waals surface area contributed by atoms with Crippen LogP contribution in [0.5, 0.6) is 0 Å². The smallest absolute Gasteiger partial charge is 0.246 e. The third kappa shape index (κ3) is 3.30. The number of primary amides is 1. The molecule has 3 rings (SSSR count). The summed E-state index contributed by atoms with van der Waals surface area (Å²) >= 11 is 6.39. The summed E-state index contributed by atoms with van der Waals surface area (Å²) in [6.07, 6.45) is -0.103. The van der Waals surface area contributed by atoms with Crippen molar-refractivity contribution >= 4 is 34.1 Å². The van der Waals surface area contributed by atoms with Crippen LogP contribution in [0.3, 0.4) is 0 Å². The monoisotopic (exact) mass is 354 g/mol. The van der Waals surface area contributed by atoms with Gasteiger partial charge >= 0.3 is 0 Å². The molecule has 0 fully saturated rings. The molecule has 0 spiro atoms. The zero-order chi connectivity index (χ0) is 18.1. The van der Waals surface area contributed by atoms with Crippen molar-refractivity contribution in [1.29, 1.82) is 0 Å². The van der Waals surface area contributed by atoms with E-state index in [9.17, 15) is 9.59 Å². The molecule has 2 N–H and O–H groups in total. The van der Waals surface area contributed by atoms with Crippen molar-refractivity contribution in [2.75, 3.05) is 4.90 Å². The Bertz CT molecular complexity index is 902. The third-order valence-electron chi connectivity index (χ3n) is 4.53. The molecule has 2 amide bonds. The molecule has 0 radical (unpaired) electrons. The second-order valence-electron chi connectivity index (χ2n) is 6.25. The molecule has 5 heteroatoms. The Kier molecular flexibility index (Phi) is 4.64. The molecule has 1 aliphatic rings. The summed E-state index contributed by atoms with van der Waals surface area (Å²) in [6, 6.07) is 13.4. The molecule has 0 saturated carbocycles. The lowest BCUT2D eigenvalue weighted by molar-refractivity contribution is -0.120. The van der Waals surface area contributed by atoms with E-state index in [2.05, 4.69) is 6.07 Å². The highest BCUT2D eigenvalue weighted by molar-refractivity contribution is 6.52. The lowest BCUT2D eigenvalue weighted by atomic mass is 10.1. The van der Waals surface area contributed by atoms with Crippen LogP contribution in [0, 0.1) is 13.8 Å². The van der Waals surface area contributed by atoms with Gasteiger partial charge in [0, 0.05) is 11.1 Å². The molecule has 1 aliphatic heterocycles. The van der Waals surface area contributed by atoms with E-state index in [4.69, 9.17) is 17.3 Å². The normalized spacial score (nSPS) is 14.4. The lowest BCUT2D eigenvalue weighted by Gasteiger charge is -2.23. The Morgan fingerprint density at radius 2 is 1.88 bits per heavy atom. The van der Waals surface area contributed by atoms with Crippen LogP contribution >= 0.6 is 11.6 Å². The van der Waals surface area contributed by atoms with Crippen LogP contribution in [-0.4, -0.2) is 11.8 Å². The van der Waals surface area contributed by atoms with Crippen LogP contribution < -0.4 is 10.6 Å². The average Bonchev–Trinajstić information content (AvgIpc) is 2.69. The molecule has 0 unspecified atom stereocenters. The lowest BCUT2D eigenvalue weighted by Crippen LogP contribution is -2.31. The van der Waals surface area contributed by atoms with E-state index in [1.54, 1.807) is 11.0 Å². The summed E-state index contributed by atoms with van der Waals surface area (Å²) in [7, 11) is 0. The Morgan fingerprint density at radius 3 is 2.56 bits per heavy atom. The SMILES string of the molecule is Cc1ccc(CN2C(=O)CC(C(N)=O)=C(Cl)c3ccccc32)cc1C. The number of benzene rings is 2. The van der Waals surface area contributed by atoms with Crippen LogP contribution in [0.2, 0.25) is 0 Å². The molecule has 0 bridgehead atoms. The van der Waals surface area contributed by atoms with E-state index in [0.717, 1.165) is 5.56 Å². The molecule has 0 aliphatic carbocycles. The van der Waals surface area contributed by atoms with Gasteiger partial charge in [0.2, 0.25) is 11.8 Å². The van der Waals surface area contributed by atoms with Crippen LogP contribution in [0.4, 0.5) is 5.69 Å². The van der Waals surface area contributed by atoms with Gasteiger partial charge in [-0.3, -0.25) is 9.59 Å². The fraction of sp³-hybridized carbons (Fsp3) is 0.200. The molecular weight excluding hydrogens is 336 g/mol. The predicted molar refractivity (Wildman–Crippen MR) is 100 cm³/mol. The maximum absolute atomic E-state index is 12.8. The zero-order valence-corrected chi connectivity index (χ0v) is 14.9. The van der Waals surface area contributed by atoms with Gasteiger partial charge in [0.1, 0.15) is 0 Å². The number of halogens is 1. The second-order valence-corrected chi connectivity index (χ2v) is 6.63. The molecule has 0 saturated heterocycles. The first kappa shape index (κ1) is 17.2. The molecule has 1 heterocycles. The largest absolute Gasteiger partial charge is 0.366 e. The second kappa shape index (κ2) is 6.73. The molecule has 2 aromatic rings. The van der Waals surface area contributed by atoms with Crippen molar-refractivity contribution in [1.82, 2.24) is 0 Å². The van der Waals surface area contributed by atoms with E-state index in [1.807, 2.05) is 44.2 Å². The summed E-state index contributed by atoms with van der Waals surface area (Å²) in [5, 5.41) is 0.249. The van der Waals surface area contributed by atoms with Crippen molar-refractivity contribution < 1.29 is 9.59 Å². The standard InChI is InChI=1S/C20H19ClN2O2/c1-12-7-8-14(9-13(12)2)11-23-17-6-4-3-5-15(17)19(21)16(20(22)25)10-18(23)24/h3-9H,10-11H2,1-2H3,(H2,22,25). The van der Waals surface area contributed by atoms with Gasteiger partial charge < -0.3 is 10.6 Å². The average molecular weight is 355 g/mol. The third-order valence-corrected chi connectivity index (χ3v) is 4.97. The van der Waals surface area contributed by atoms with Crippen molar-refractivity contribution in [3.63, 3.8) is 0 Å². The van der Waals surface area contributed by atoms with Gasteiger partial charge in [-0.05, 0) is 36.6 Å². The summed E-state index contributed by atoms with van der Waals surface area (Å²) in [6.45, 7) is 4.50. The highest BCUT2D eigenvalue weighted by Crippen LogP contribution is 2.37. The number of carbonyl (C=O) groups is 2. The quantitative estimate of drug-likeness (QED) is 0.913. The minimum absolute atomic E-state index is 0.103. The van der Waals surface area contributed by atoms with Crippen molar-refractivity contribution in [2.24, 2.45) is 5.73 Å². The Morgan fingerprint density at radius 1 is 1.16 bits per heavy atom. The van der Waals surface area contributed by atoms with Crippen molar-refractivity contribution in [3.05, 3.63) is 70.3 Å². The fourth-order valence-corrected chi connectivity index (χ4v) is 3.29. The summed E-state index contributed by atoms with van der Waals surface area (Å²) < 4.78 is 0. The predicted octanol–water partition coefficient (Wildman–Crippen LogP) is 3.68. The number of nitrogens with two attached hydrogens (primary N) is 1. The zero-order valence-electron chi connectivity index (χ0n) is 14.2. The van der Waals surface area contributed by atoms with Gasteiger partial charge in [0.15, 0.2) is 0 Å². The number of anilines is 1. The topological polar surface area (TPSA) is 63.4 Å². The van der Waals surface area contributed by atoms with E-state index in [-0.39, 0.29) is 22.9 Å². The number of para-hydroxylation sites is 1. The van der Waals surface area contributed by atoms with Crippen LogP contribution in [-0.2, 0) is 16.1 Å². The molecule has 0 atom stereocenters. The number of amides is 2. The van der Waals surface area contributed by atoms with Gasteiger partial charge in [0.25, 0.3) is 0 Å². The molecule has 4 nitrogen and oxygen atoms in total. The van der Waals surface area contributed by atoms with Crippen molar-refractivity contribution in [2.45, 2.75) is 26.8 Å². The summed E-state index contributed by atoms with van der Waals surface area (Å²) in [5.74, 6) is -0.865. The van der Waals surface area contributed by atoms with Crippen LogP contribution in [0.1, 0.15) is 28.7 Å². The van der Waals surface area contributed by atoms with Gasteiger partial charge in [-0.1, -0.05) is 48.0 Å². The highest BCUT2D eigenvalue weighted by Gasteiger charge is 2.29. The summed E-state index contributed by atoms with van der Waals surface area (Å²) in [5.41, 5.74) is 10.3. The highest BCUT2D eigenvalue weighted by atomic mass is 35.5. The maximum atomic E-state index is 12.8. The minimum atomic E-state index is -0.666. The molecule has 2 aromatic carbocycles. The van der Waals surface area contributed by atoms with Crippen LogP contribution in [0.15, 0.2) is 48.0 Å². The number of hydrogen-bond donors (Lipinski definition) is 1. The first-order valence-electron chi connectivity index (χ1n) is 8.03. The van der Waals surface area contributed by atoms with Crippen molar-refractivity contribution in [3.8, 4) is 0 Å².